The van der Waals surface area contributed by atoms with Crippen LogP contribution in [0.3, 0.4) is 0 Å². The van der Waals surface area contributed by atoms with Gasteiger partial charge in [-0.15, -0.1) is 11.3 Å². The Kier molecular flexibility index (Phi) is 4.80. The molecule has 0 radical (unpaired) electrons. The Morgan fingerprint density at radius 2 is 2.12 bits per heavy atom. The molecule has 0 unspecified atom stereocenters. The van der Waals surface area contributed by atoms with Gasteiger partial charge in [-0.2, -0.15) is 27.8 Å². The molecular weight excluding hydrogens is 375 g/mol. The van der Waals surface area contributed by atoms with Crippen LogP contribution in [0.4, 0.5) is 13.2 Å². The zero-order valence-electron chi connectivity index (χ0n) is 12.9. The number of Topliss-reactive ketones (excluding diaryl/α,β-unsaturated/α-hetero) is 1. The topological polar surface area (TPSA) is 86.2 Å². The van der Waals surface area contributed by atoms with E-state index in [0.717, 1.165) is 16.6 Å². The highest BCUT2D eigenvalue weighted by Gasteiger charge is 2.36. The first-order valence-electron chi connectivity index (χ1n) is 7.04. The van der Waals surface area contributed by atoms with Crippen molar-refractivity contribution in [2.24, 2.45) is 5.73 Å². The van der Waals surface area contributed by atoms with Crippen LogP contribution in [0.15, 0.2) is 23.4 Å². The lowest BCUT2D eigenvalue weighted by Gasteiger charge is -2.08. The minimum Gasteiger partial charge on any atom is -0.326 e. The standard InChI is InChI=1S/C14H12F3N5OS2/c1-7-4-11-19-12(14(15,16)17)20-13(22(11)21-7)24-6-9(23)10-3-2-8(5-18)25-10/h2-4H,5-6,18H2,1H3. The van der Waals surface area contributed by atoms with E-state index in [4.69, 9.17) is 5.73 Å². The van der Waals surface area contributed by atoms with Gasteiger partial charge in [0.15, 0.2) is 16.6 Å². The number of rotatable bonds is 5. The Labute approximate surface area is 148 Å². The lowest BCUT2D eigenvalue weighted by atomic mass is 10.3. The number of ketones is 1. The van der Waals surface area contributed by atoms with Gasteiger partial charge in [0.2, 0.25) is 5.82 Å². The van der Waals surface area contributed by atoms with Crippen LogP contribution in [-0.2, 0) is 12.7 Å². The fourth-order valence-electron chi connectivity index (χ4n) is 2.04. The predicted octanol–water partition coefficient (Wildman–Crippen LogP) is 2.95. The number of thiophene rings is 1. The smallest absolute Gasteiger partial charge is 0.326 e. The molecule has 2 N–H and O–H groups in total. The van der Waals surface area contributed by atoms with E-state index >= 15 is 0 Å². The summed E-state index contributed by atoms with van der Waals surface area (Å²) in [5, 5.41) is 4.05. The number of carbonyl (C=O) groups is 1. The Bertz CT molecular complexity index is 934. The molecule has 6 nitrogen and oxygen atoms in total. The highest BCUT2D eigenvalue weighted by molar-refractivity contribution is 7.99. The van der Waals surface area contributed by atoms with E-state index < -0.39 is 12.0 Å². The van der Waals surface area contributed by atoms with Crippen molar-refractivity contribution in [2.45, 2.75) is 24.8 Å². The second-order valence-electron chi connectivity index (χ2n) is 5.07. The molecule has 0 amide bonds. The fraction of sp³-hybridized carbons (Fsp3) is 0.286. The number of nitrogens with zero attached hydrogens (tertiary/aromatic N) is 4. The van der Waals surface area contributed by atoms with Gasteiger partial charge in [-0.25, -0.2) is 4.98 Å². The Balaban J connectivity index is 1.88. The molecule has 132 valence electrons. The van der Waals surface area contributed by atoms with Crippen LogP contribution in [-0.4, -0.2) is 31.1 Å². The molecule has 0 aromatic carbocycles. The molecule has 0 aliphatic rings. The molecule has 3 heterocycles. The van der Waals surface area contributed by atoms with E-state index in [1.807, 2.05) is 0 Å². The molecule has 3 aromatic heterocycles. The quantitative estimate of drug-likeness (QED) is 0.535. The molecule has 11 heteroatoms. The van der Waals surface area contributed by atoms with Crippen molar-refractivity contribution in [1.82, 2.24) is 19.6 Å². The van der Waals surface area contributed by atoms with Crippen molar-refractivity contribution in [1.29, 1.82) is 0 Å². The monoisotopic (exact) mass is 387 g/mol. The lowest BCUT2D eigenvalue weighted by Crippen LogP contribution is -2.14. The molecular formula is C14H12F3N5OS2. The number of nitrogens with two attached hydrogens (primary N) is 1. The molecule has 3 rings (SSSR count). The fourth-order valence-corrected chi connectivity index (χ4v) is 3.78. The van der Waals surface area contributed by atoms with Crippen LogP contribution in [0, 0.1) is 6.92 Å². The number of aryl methyl sites for hydroxylation is 1. The van der Waals surface area contributed by atoms with Gasteiger partial charge in [-0.05, 0) is 19.1 Å². The third-order valence-corrected chi connectivity index (χ3v) is 5.22. The molecule has 0 atom stereocenters. The number of fused-ring (bicyclic) bond motifs is 1. The summed E-state index contributed by atoms with van der Waals surface area (Å²) in [6.07, 6.45) is -4.68. The molecule has 0 saturated heterocycles. The van der Waals surface area contributed by atoms with Crippen molar-refractivity contribution in [3.63, 3.8) is 0 Å². The maximum absolute atomic E-state index is 13.0. The lowest BCUT2D eigenvalue weighted by molar-refractivity contribution is -0.145. The third kappa shape index (κ3) is 3.83. The van der Waals surface area contributed by atoms with Crippen LogP contribution in [0.25, 0.3) is 5.65 Å². The molecule has 0 aliphatic heterocycles. The number of alkyl halides is 3. The first kappa shape index (κ1) is 17.8. The summed E-state index contributed by atoms with van der Waals surface area (Å²) < 4.78 is 40.1. The maximum Gasteiger partial charge on any atom is 0.451 e. The Morgan fingerprint density at radius 1 is 1.36 bits per heavy atom. The van der Waals surface area contributed by atoms with Crippen LogP contribution < -0.4 is 5.73 Å². The van der Waals surface area contributed by atoms with E-state index in [9.17, 15) is 18.0 Å². The number of carbonyl (C=O) groups excluding carboxylic acids is 1. The van der Waals surface area contributed by atoms with E-state index in [1.165, 1.54) is 21.9 Å². The Morgan fingerprint density at radius 3 is 2.76 bits per heavy atom. The van der Waals surface area contributed by atoms with Crippen LogP contribution >= 0.6 is 23.1 Å². The Hall–Kier alpha value is -1.98. The van der Waals surface area contributed by atoms with Gasteiger partial charge in [-0.3, -0.25) is 4.79 Å². The minimum atomic E-state index is -4.68. The zero-order chi connectivity index (χ0) is 18.2. The summed E-state index contributed by atoms with van der Waals surface area (Å²) in [5.41, 5.74) is 6.05. The van der Waals surface area contributed by atoms with E-state index in [2.05, 4.69) is 15.1 Å². The second-order valence-corrected chi connectivity index (χ2v) is 7.18. The van der Waals surface area contributed by atoms with Crippen molar-refractivity contribution in [2.75, 3.05) is 5.75 Å². The van der Waals surface area contributed by atoms with Gasteiger partial charge in [-0.1, -0.05) is 11.8 Å². The normalized spacial score (nSPS) is 12.0. The summed E-state index contributed by atoms with van der Waals surface area (Å²) in [4.78, 5) is 20.6. The average Bonchev–Trinajstić information content (AvgIpc) is 3.16. The first-order valence-corrected chi connectivity index (χ1v) is 8.84. The largest absolute Gasteiger partial charge is 0.451 e. The first-order chi connectivity index (χ1) is 11.8. The number of thioether (sulfide) groups is 1. The van der Waals surface area contributed by atoms with Crippen molar-refractivity contribution in [3.8, 4) is 0 Å². The molecule has 0 aliphatic carbocycles. The maximum atomic E-state index is 13.0. The van der Waals surface area contributed by atoms with Crippen molar-refractivity contribution in [3.05, 3.63) is 39.5 Å². The number of hydrogen-bond donors (Lipinski definition) is 1. The van der Waals surface area contributed by atoms with Crippen LogP contribution in [0.1, 0.15) is 26.1 Å². The van der Waals surface area contributed by atoms with Gasteiger partial charge in [0.05, 0.1) is 16.3 Å². The number of hydrogen-bond acceptors (Lipinski definition) is 7. The van der Waals surface area contributed by atoms with Crippen LogP contribution in [0.2, 0.25) is 0 Å². The minimum absolute atomic E-state index is 0.0330. The third-order valence-electron chi connectivity index (χ3n) is 3.14. The SMILES string of the molecule is Cc1cc2nc(C(F)(F)F)nc(SCC(=O)c3ccc(CN)s3)n2n1. The highest BCUT2D eigenvalue weighted by atomic mass is 32.2. The van der Waals surface area contributed by atoms with Gasteiger partial charge >= 0.3 is 6.18 Å². The molecule has 0 bridgehead atoms. The molecule has 0 saturated carbocycles. The molecule has 3 aromatic rings. The van der Waals surface area contributed by atoms with Gasteiger partial charge < -0.3 is 5.73 Å². The number of halogens is 3. The van der Waals surface area contributed by atoms with Gasteiger partial charge in [0.1, 0.15) is 0 Å². The van der Waals surface area contributed by atoms with Crippen molar-refractivity contribution < 1.29 is 18.0 Å². The van der Waals surface area contributed by atoms with E-state index in [-0.39, 0.29) is 22.3 Å². The summed E-state index contributed by atoms with van der Waals surface area (Å²) in [6, 6.07) is 4.84. The molecule has 0 fully saturated rings. The summed E-state index contributed by atoms with van der Waals surface area (Å²) in [7, 11) is 0. The highest BCUT2D eigenvalue weighted by Crippen LogP contribution is 2.29. The average molecular weight is 387 g/mol. The predicted molar refractivity (Wildman–Crippen MR) is 87.8 cm³/mol. The van der Waals surface area contributed by atoms with Gasteiger partial charge in [0.25, 0.3) is 0 Å². The van der Waals surface area contributed by atoms with Crippen LogP contribution in [0.5, 0.6) is 0 Å². The van der Waals surface area contributed by atoms with E-state index in [1.54, 1.807) is 19.1 Å². The number of aromatic nitrogens is 4. The molecule has 25 heavy (non-hydrogen) atoms. The summed E-state index contributed by atoms with van der Waals surface area (Å²) >= 11 is 2.16. The summed E-state index contributed by atoms with van der Waals surface area (Å²) in [6.45, 7) is 1.97. The van der Waals surface area contributed by atoms with Crippen molar-refractivity contribution >= 4 is 34.5 Å². The molecule has 0 spiro atoms. The second kappa shape index (κ2) is 6.73. The van der Waals surface area contributed by atoms with Gasteiger partial charge in [0, 0.05) is 17.5 Å². The summed E-state index contributed by atoms with van der Waals surface area (Å²) in [5.74, 6) is -1.53. The van der Waals surface area contributed by atoms with E-state index in [0.29, 0.717) is 17.1 Å². The zero-order valence-corrected chi connectivity index (χ0v) is 14.5.